The molecule has 0 radical (unpaired) electrons. The summed E-state index contributed by atoms with van der Waals surface area (Å²) in [6, 6.07) is 1.97. The first-order valence-electron chi connectivity index (χ1n) is 6.55. The van der Waals surface area contributed by atoms with Gasteiger partial charge in [-0.3, -0.25) is 4.68 Å². The zero-order chi connectivity index (χ0) is 14.1. The second-order valence-corrected chi connectivity index (χ2v) is 5.16. The normalized spacial score (nSPS) is 11.3. The number of alkyl halides is 1. The smallest absolute Gasteiger partial charge is 0.160 e. The predicted octanol–water partition coefficient (Wildman–Crippen LogP) is 2.68. The molecule has 5 nitrogen and oxygen atoms in total. The zero-order valence-corrected chi connectivity index (χ0v) is 12.3. The first kappa shape index (κ1) is 13.1. The van der Waals surface area contributed by atoms with E-state index in [9.17, 15) is 0 Å². The average molecular weight is 290 g/mol. The monoisotopic (exact) mass is 289 g/mol. The Hall–Kier alpha value is -1.88. The topological polar surface area (TPSA) is 48.5 Å². The largest absolute Gasteiger partial charge is 0.310 e. The van der Waals surface area contributed by atoms with E-state index in [1.54, 1.807) is 0 Å². The molecule has 3 heterocycles. The van der Waals surface area contributed by atoms with Crippen molar-refractivity contribution >= 4 is 22.8 Å². The van der Waals surface area contributed by atoms with Gasteiger partial charge in [0.15, 0.2) is 5.65 Å². The van der Waals surface area contributed by atoms with Gasteiger partial charge in [-0.15, -0.1) is 11.6 Å². The molecule has 0 aromatic carbocycles. The quantitative estimate of drug-likeness (QED) is 0.694. The molecular formula is C14H16ClN5. The highest BCUT2D eigenvalue weighted by molar-refractivity contribution is 6.16. The molecule has 3 aromatic rings. The minimum absolute atomic E-state index is 0.383. The van der Waals surface area contributed by atoms with Crippen LogP contribution in [0.3, 0.4) is 0 Å². The van der Waals surface area contributed by atoms with Crippen molar-refractivity contribution < 1.29 is 0 Å². The Labute approximate surface area is 122 Å². The van der Waals surface area contributed by atoms with Crippen LogP contribution in [-0.2, 0) is 19.0 Å². The number of pyridine rings is 1. The SMILES string of the molecule is Cc1cnn(CCn2c(CCl)nc3c(C)ccnc32)c1. The molecule has 0 amide bonds. The van der Waals surface area contributed by atoms with Crippen molar-refractivity contribution in [3.8, 4) is 0 Å². The van der Waals surface area contributed by atoms with Gasteiger partial charge in [-0.2, -0.15) is 5.10 Å². The van der Waals surface area contributed by atoms with E-state index in [-0.39, 0.29) is 0 Å². The van der Waals surface area contributed by atoms with Gasteiger partial charge in [0.1, 0.15) is 11.3 Å². The molecule has 3 rings (SSSR count). The van der Waals surface area contributed by atoms with Gasteiger partial charge in [0.25, 0.3) is 0 Å². The van der Waals surface area contributed by atoms with E-state index in [2.05, 4.69) is 19.6 Å². The number of halogens is 1. The van der Waals surface area contributed by atoms with Gasteiger partial charge in [-0.1, -0.05) is 0 Å². The van der Waals surface area contributed by atoms with Crippen LogP contribution in [0, 0.1) is 13.8 Å². The Bertz CT molecular complexity index is 743. The highest BCUT2D eigenvalue weighted by Gasteiger charge is 2.12. The molecular weight excluding hydrogens is 274 g/mol. The third-order valence-corrected chi connectivity index (χ3v) is 3.59. The van der Waals surface area contributed by atoms with Gasteiger partial charge in [0, 0.05) is 18.9 Å². The molecule has 6 heteroatoms. The third kappa shape index (κ3) is 2.29. The highest BCUT2D eigenvalue weighted by Crippen LogP contribution is 2.18. The van der Waals surface area contributed by atoms with Gasteiger partial charge in [-0.05, 0) is 31.0 Å². The number of aromatic nitrogens is 5. The van der Waals surface area contributed by atoms with E-state index in [4.69, 9.17) is 11.6 Å². The molecule has 20 heavy (non-hydrogen) atoms. The Morgan fingerprint density at radius 1 is 1.25 bits per heavy atom. The molecule has 0 aliphatic carbocycles. The maximum Gasteiger partial charge on any atom is 0.160 e. The number of hydrogen-bond acceptors (Lipinski definition) is 3. The zero-order valence-electron chi connectivity index (χ0n) is 11.5. The average Bonchev–Trinajstić information content (AvgIpc) is 3.01. The molecule has 0 aliphatic rings. The summed E-state index contributed by atoms with van der Waals surface area (Å²) in [7, 11) is 0. The summed E-state index contributed by atoms with van der Waals surface area (Å²) in [4.78, 5) is 9.03. The summed E-state index contributed by atoms with van der Waals surface area (Å²) in [6.07, 6.45) is 5.70. The Balaban J connectivity index is 1.95. The van der Waals surface area contributed by atoms with Gasteiger partial charge in [0.05, 0.1) is 18.6 Å². The first-order valence-corrected chi connectivity index (χ1v) is 7.08. The van der Waals surface area contributed by atoms with Crippen LogP contribution in [0.1, 0.15) is 17.0 Å². The Kier molecular flexibility index (Phi) is 3.44. The van der Waals surface area contributed by atoms with Gasteiger partial charge >= 0.3 is 0 Å². The van der Waals surface area contributed by atoms with Crippen molar-refractivity contribution in [3.05, 3.63) is 41.6 Å². The number of imidazole rings is 1. The second-order valence-electron chi connectivity index (χ2n) is 4.89. The Morgan fingerprint density at radius 3 is 2.80 bits per heavy atom. The van der Waals surface area contributed by atoms with Gasteiger partial charge < -0.3 is 4.57 Å². The Morgan fingerprint density at radius 2 is 2.10 bits per heavy atom. The van der Waals surface area contributed by atoms with E-state index >= 15 is 0 Å². The molecule has 0 unspecified atom stereocenters. The van der Waals surface area contributed by atoms with Crippen LogP contribution < -0.4 is 0 Å². The maximum absolute atomic E-state index is 6.01. The maximum atomic E-state index is 6.01. The summed E-state index contributed by atoms with van der Waals surface area (Å²) in [5.41, 5.74) is 4.10. The second kappa shape index (κ2) is 5.25. The van der Waals surface area contributed by atoms with Crippen LogP contribution in [0.4, 0.5) is 0 Å². The predicted molar refractivity (Wildman–Crippen MR) is 78.8 cm³/mol. The van der Waals surface area contributed by atoms with Crippen LogP contribution in [0.2, 0.25) is 0 Å². The lowest BCUT2D eigenvalue weighted by molar-refractivity contribution is 0.531. The van der Waals surface area contributed by atoms with Crippen molar-refractivity contribution in [2.75, 3.05) is 0 Å². The van der Waals surface area contributed by atoms with E-state index in [0.717, 1.165) is 41.2 Å². The minimum Gasteiger partial charge on any atom is -0.310 e. The summed E-state index contributed by atoms with van der Waals surface area (Å²) in [6.45, 7) is 5.61. The molecule has 0 spiro atoms. The van der Waals surface area contributed by atoms with Crippen LogP contribution in [0.15, 0.2) is 24.7 Å². The van der Waals surface area contributed by atoms with E-state index in [0.29, 0.717) is 5.88 Å². The van der Waals surface area contributed by atoms with E-state index in [1.807, 2.05) is 43.2 Å². The minimum atomic E-state index is 0.383. The fraction of sp³-hybridized carbons (Fsp3) is 0.357. The fourth-order valence-electron chi connectivity index (χ4n) is 2.31. The van der Waals surface area contributed by atoms with Crippen LogP contribution in [0.5, 0.6) is 0 Å². The van der Waals surface area contributed by atoms with Gasteiger partial charge in [0.2, 0.25) is 0 Å². The van der Waals surface area contributed by atoms with Gasteiger partial charge in [-0.25, -0.2) is 9.97 Å². The standard InChI is InChI=1S/C14H16ClN5/c1-10-8-17-19(9-10)5-6-20-12(7-15)18-13-11(2)3-4-16-14(13)20/h3-4,8-9H,5-7H2,1-2H3. The molecule has 0 fully saturated rings. The molecule has 0 aliphatic heterocycles. The lowest BCUT2D eigenvalue weighted by Gasteiger charge is -2.07. The number of nitrogens with zero attached hydrogens (tertiary/aromatic N) is 5. The third-order valence-electron chi connectivity index (χ3n) is 3.35. The summed E-state index contributed by atoms with van der Waals surface area (Å²) < 4.78 is 4.00. The number of hydrogen-bond donors (Lipinski definition) is 0. The number of rotatable bonds is 4. The molecule has 104 valence electrons. The van der Waals surface area contributed by atoms with Crippen molar-refractivity contribution in [2.24, 2.45) is 0 Å². The van der Waals surface area contributed by atoms with Crippen LogP contribution in [0.25, 0.3) is 11.2 Å². The molecule has 3 aromatic heterocycles. The molecule has 0 N–H and O–H groups in total. The lowest BCUT2D eigenvalue weighted by Crippen LogP contribution is -2.10. The molecule has 0 saturated carbocycles. The van der Waals surface area contributed by atoms with Crippen molar-refractivity contribution in [1.29, 1.82) is 0 Å². The molecule has 0 bridgehead atoms. The molecule has 0 atom stereocenters. The van der Waals surface area contributed by atoms with Crippen molar-refractivity contribution in [3.63, 3.8) is 0 Å². The summed E-state index contributed by atoms with van der Waals surface area (Å²) in [5.74, 6) is 1.24. The number of aryl methyl sites for hydroxylation is 4. The fourth-order valence-corrected chi connectivity index (χ4v) is 2.52. The van der Waals surface area contributed by atoms with Crippen LogP contribution in [-0.4, -0.2) is 24.3 Å². The van der Waals surface area contributed by atoms with E-state index in [1.165, 1.54) is 0 Å². The van der Waals surface area contributed by atoms with Crippen LogP contribution >= 0.6 is 11.6 Å². The summed E-state index contributed by atoms with van der Waals surface area (Å²) in [5, 5.41) is 4.30. The summed E-state index contributed by atoms with van der Waals surface area (Å²) >= 11 is 6.01. The molecule has 0 saturated heterocycles. The van der Waals surface area contributed by atoms with Crippen molar-refractivity contribution in [2.45, 2.75) is 32.8 Å². The number of fused-ring (bicyclic) bond motifs is 1. The lowest BCUT2D eigenvalue weighted by atomic mass is 10.3. The van der Waals surface area contributed by atoms with Crippen molar-refractivity contribution in [1.82, 2.24) is 24.3 Å². The highest BCUT2D eigenvalue weighted by atomic mass is 35.5. The first-order chi connectivity index (χ1) is 9.69. The van der Waals surface area contributed by atoms with E-state index < -0.39 is 0 Å².